The van der Waals surface area contributed by atoms with Gasteiger partial charge in [-0.05, 0) is 42.0 Å². The van der Waals surface area contributed by atoms with Crippen molar-refractivity contribution in [3.05, 3.63) is 71.7 Å². The van der Waals surface area contributed by atoms with Crippen molar-refractivity contribution < 1.29 is 14.3 Å². The molecule has 0 aliphatic heterocycles. The van der Waals surface area contributed by atoms with Gasteiger partial charge < -0.3 is 9.52 Å². The van der Waals surface area contributed by atoms with E-state index in [1.54, 1.807) is 23.0 Å². The molecule has 0 atom stereocenters. The molecule has 4 rings (SSSR count). The molecule has 0 unspecified atom stereocenters. The van der Waals surface area contributed by atoms with Crippen LogP contribution in [0.4, 0.5) is 0 Å². The quantitative estimate of drug-likeness (QED) is 0.558. The predicted molar refractivity (Wildman–Crippen MR) is 99.3 cm³/mol. The summed E-state index contributed by atoms with van der Waals surface area (Å²) in [7, 11) is 1.87. The van der Waals surface area contributed by atoms with Crippen LogP contribution in [0, 0.1) is 0 Å². The molecule has 4 aromatic rings. The molecule has 0 saturated heterocycles. The van der Waals surface area contributed by atoms with Gasteiger partial charge in [-0.15, -0.1) is 0 Å². The minimum atomic E-state index is -0.107. The van der Waals surface area contributed by atoms with Crippen LogP contribution in [0.3, 0.4) is 0 Å². The van der Waals surface area contributed by atoms with Crippen molar-refractivity contribution in [2.75, 3.05) is 0 Å². The zero-order chi connectivity index (χ0) is 18.3. The van der Waals surface area contributed by atoms with E-state index in [0.29, 0.717) is 28.9 Å². The number of rotatable bonds is 4. The van der Waals surface area contributed by atoms with Crippen LogP contribution in [0.15, 0.2) is 59.3 Å². The minimum absolute atomic E-state index is 0.107. The van der Waals surface area contributed by atoms with Gasteiger partial charge >= 0.3 is 0 Å². The molecule has 0 amide bonds. The highest BCUT2D eigenvalue weighted by Gasteiger charge is 2.21. The van der Waals surface area contributed by atoms with Crippen molar-refractivity contribution in [1.82, 2.24) is 9.78 Å². The van der Waals surface area contributed by atoms with Crippen LogP contribution in [-0.4, -0.2) is 20.7 Å². The molecule has 130 valence electrons. The second-order valence-corrected chi connectivity index (χ2v) is 6.24. The summed E-state index contributed by atoms with van der Waals surface area (Å²) in [4.78, 5) is 13.1. The fourth-order valence-electron chi connectivity index (χ4n) is 3.15. The molecule has 1 N–H and O–H groups in total. The Balaban J connectivity index is 1.89. The van der Waals surface area contributed by atoms with Crippen LogP contribution in [0.1, 0.15) is 28.6 Å². The van der Waals surface area contributed by atoms with Gasteiger partial charge in [-0.1, -0.05) is 13.0 Å². The molecule has 2 aromatic carbocycles. The normalized spacial score (nSPS) is 11.2. The Labute approximate surface area is 150 Å². The lowest BCUT2D eigenvalue weighted by Gasteiger charge is -2.03. The number of aromatic hydroxyl groups is 1. The maximum Gasteiger partial charge on any atom is 0.197 e. The zero-order valence-corrected chi connectivity index (χ0v) is 14.6. The maximum atomic E-state index is 13.1. The van der Waals surface area contributed by atoms with Crippen LogP contribution in [0.2, 0.25) is 0 Å². The third-order valence-electron chi connectivity index (χ3n) is 4.48. The third-order valence-corrected chi connectivity index (χ3v) is 4.48. The first-order valence-electron chi connectivity index (χ1n) is 8.45. The van der Waals surface area contributed by atoms with E-state index in [-0.39, 0.29) is 11.5 Å². The Kier molecular flexibility index (Phi) is 3.84. The second-order valence-electron chi connectivity index (χ2n) is 6.24. The summed E-state index contributed by atoms with van der Waals surface area (Å²) in [5, 5.41) is 14.5. The molecular formula is C21H18N2O3. The number of carbonyl (C=O) groups is 1. The summed E-state index contributed by atoms with van der Waals surface area (Å²) in [5.41, 5.74) is 3.76. The van der Waals surface area contributed by atoms with Crippen molar-refractivity contribution in [3.63, 3.8) is 0 Å². The Morgan fingerprint density at radius 1 is 1.15 bits per heavy atom. The number of ketones is 1. The minimum Gasteiger partial charge on any atom is -0.508 e. The number of carbonyl (C=O) groups excluding carboxylic acids is 1. The number of hydrogen-bond acceptors (Lipinski definition) is 4. The average Bonchev–Trinajstić information content (AvgIpc) is 3.24. The number of phenols is 1. The fraction of sp³-hybridized carbons (Fsp3) is 0.143. The van der Waals surface area contributed by atoms with E-state index in [9.17, 15) is 9.90 Å². The average molecular weight is 346 g/mol. The van der Waals surface area contributed by atoms with E-state index in [1.165, 1.54) is 12.1 Å². The van der Waals surface area contributed by atoms with E-state index < -0.39 is 0 Å². The SMILES string of the molecule is CCc1oc2ccc(-c3cnn(C)c3)cc2c1C(=O)c1ccc(O)cc1. The largest absolute Gasteiger partial charge is 0.508 e. The first-order valence-corrected chi connectivity index (χ1v) is 8.45. The molecule has 5 heteroatoms. The number of benzene rings is 2. The zero-order valence-electron chi connectivity index (χ0n) is 14.6. The summed E-state index contributed by atoms with van der Waals surface area (Å²) >= 11 is 0. The molecule has 0 spiro atoms. The number of nitrogens with zero attached hydrogens (tertiary/aromatic N) is 2. The maximum absolute atomic E-state index is 13.1. The smallest absolute Gasteiger partial charge is 0.197 e. The highest BCUT2D eigenvalue weighted by atomic mass is 16.3. The van der Waals surface area contributed by atoms with Crippen LogP contribution in [-0.2, 0) is 13.5 Å². The van der Waals surface area contributed by atoms with Crippen molar-refractivity contribution in [2.24, 2.45) is 7.05 Å². The number of furan rings is 1. The Morgan fingerprint density at radius 3 is 2.58 bits per heavy atom. The molecule has 0 bridgehead atoms. The molecule has 0 saturated carbocycles. The molecule has 0 fully saturated rings. The topological polar surface area (TPSA) is 68.3 Å². The monoisotopic (exact) mass is 346 g/mol. The number of hydrogen-bond donors (Lipinski definition) is 1. The van der Waals surface area contributed by atoms with Gasteiger partial charge in [0.15, 0.2) is 5.78 Å². The van der Waals surface area contributed by atoms with Gasteiger partial charge in [0.2, 0.25) is 0 Å². The molecule has 5 nitrogen and oxygen atoms in total. The first-order chi connectivity index (χ1) is 12.6. The summed E-state index contributed by atoms with van der Waals surface area (Å²) in [5.74, 6) is 0.693. The van der Waals surface area contributed by atoms with Gasteiger partial charge in [0, 0.05) is 36.2 Å². The van der Waals surface area contributed by atoms with E-state index in [1.807, 2.05) is 38.4 Å². The molecule has 2 aromatic heterocycles. The molecule has 2 heterocycles. The van der Waals surface area contributed by atoms with Gasteiger partial charge in [0.1, 0.15) is 17.1 Å². The Hall–Kier alpha value is -3.34. The van der Waals surface area contributed by atoms with Gasteiger partial charge in [0.25, 0.3) is 0 Å². The number of aromatic nitrogens is 2. The summed E-state index contributed by atoms with van der Waals surface area (Å²) in [6.45, 7) is 1.97. The molecule has 26 heavy (non-hydrogen) atoms. The summed E-state index contributed by atoms with van der Waals surface area (Å²) in [6, 6.07) is 12.1. The Bertz CT molecular complexity index is 1100. The predicted octanol–water partition coefficient (Wildman–Crippen LogP) is 4.33. The third kappa shape index (κ3) is 2.67. The van der Waals surface area contributed by atoms with Crippen LogP contribution < -0.4 is 0 Å². The van der Waals surface area contributed by atoms with E-state index in [4.69, 9.17) is 4.42 Å². The van der Waals surface area contributed by atoms with E-state index in [2.05, 4.69) is 5.10 Å². The molecular weight excluding hydrogens is 328 g/mol. The summed E-state index contributed by atoms with van der Waals surface area (Å²) in [6.07, 6.45) is 4.35. The van der Waals surface area contributed by atoms with Gasteiger partial charge in [-0.3, -0.25) is 9.48 Å². The number of fused-ring (bicyclic) bond motifs is 1. The van der Waals surface area contributed by atoms with Crippen molar-refractivity contribution in [2.45, 2.75) is 13.3 Å². The number of phenolic OH excluding ortho intramolecular Hbond substituents is 1. The standard InChI is InChI=1S/C21H18N2O3/c1-3-18-20(21(25)13-4-7-16(24)8-5-13)17-10-14(6-9-19(17)26-18)15-11-22-23(2)12-15/h4-12,24H,3H2,1-2H3. The highest BCUT2D eigenvalue weighted by Crippen LogP contribution is 2.32. The lowest BCUT2D eigenvalue weighted by molar-refractivity contribution is 0.103. The van der Waals surface area contributed by atoms with Crippen molar-refractivity contribution in [3.8, 4) is 16.9 Å². The lowest BCUT2D eigenvalue weighted by Crippen LogP contribution is -2.03. The lowest BCUT2D eigenvalue weighted by atomic mass is 9.97. The van der Waals surface area contributed by atoms with Crippen molar-refractivity contribution in [1.29, 1.82) is 0 Å². The fourth-order valence-corrected chi connectivity index (χ4v) is 3.15. The van der Waals surface area contributed by atoms with Gasteiger partial charge in [0.05, 0.1) is 11.8 Å². The van der Waals surface area contributed by atoms with Crippen LogP contribution >= 0.6 is 0 Å². The van der Waals surface area contributed by atoms with Gasteiger partial charge in [-0.25, -0.2) is 0 Å². The molecule has 0 aliphatic carbocycles. The molecule has 0 aliphatic rings. The van der Waals surface area contributed by atoms with Crippen LogP contribution in [0.5, 0.6) is 5.75 Å². The second kappa shape index (κ2) is 6.19. The van der Waals surface area contributed by atoms with E-state index >= 15 is 0 Å². The van der Waals surface area contributed by atoms with E-state index in [0.717, 1.165) is 16.5 Å². The first kappa shape index (κ1) is 16.1. The molecule has 0 radical (unpaired) electrons. The van der Waals surface area contributed by atoms with Crippen LogP contribution in [0.25, 0.3) is 22.1 Å². The Morgan fingerprint density at radius 2 is 1.92 bits per heavy atom. The highest BCUT2D eigenvalue weighted by molar-refractivity contribution is 6.17. The summed E-state index contributed by atoms with van der Waals surface area (Å²) < 4.78 is 7.66. The van der Waals surface area contributed by atoms with Crippen molar-refractivity contribution >= 4 is 16.8 Å². The van der Waals surface area contributed by atoms with Gasteiger partial charge in [-0.2, -0.15) is 5.10 Å². The number of aryl methyl sites for hydroxylation is 2.